The lowest BCUT2D eigenvalue weighted by Gasteiger charge is -2.09. The standard InChI is InChI=1S/C8H15BrN2O2/c1-6(8(10)13)11-7(12)4-2-3-5-9/h6H,2-5H2,1H3,(H2,10,13)(H,11,12). The van der Waals surface area contributed by atoms with Gasteiger partial charge in [-0.25, -0.2) is 0 Å². The van der Waals surface area contributed by atoms with Gasteiger partial charge in [0, 0.05) is 11.8 Å². The molecule has 76 valence electrons. The third kappa shape index (κ3) is 6.57. The van der Waals surface area contributed by atoms with E-state index in [0.29, 0.717) is 6.42 Å². The molecule has 1 unspecified atom stereocenters. The number of nitrogens with one attached hydrogen (secondary N) is 1. The first-order valence-corrected chi connectivity index (χ1v) is 5.34. The van der Waals surface area contributed by atoms with Crippen molar-refractivity contribution in [3.05, 3.63) is 0 Å². The Labute approximate surface area is 86.4 Å². The molecular formula is C8H15BrN2O2. The van der Waals surface area contributed by atoms with Crippen LogP contribution in [0.25, 0.3) is 0 Å². The normalized spacial score (nSPS) is 12.2. The zero-order valence-electron chi connectivity index (χ0n) is 7.68. The lowest BCUT2D eigenvalue weighted by Crippen LogP contribution is -2.42. The van der Waals surface area contributed by atoms with Crippen molar-refractivity contribution in [2.24, 2.45) is 5.73 Å². The van der Waals surface area contributed by atoms with E-state index in [0.717, 1.165) is 18.2 Å². The molecule has 0 aliphatic rings. The highest BCUT2D eigenvalue weighted by molar-refractivity contribution is 9.09. The van der Waals surface area contributed by atoms with Gasteiger partial charge in [-0.2, -0.15) is 0 Å². The fraction of sp³-hybridized carbons (Fsp3) is 0.750. The third-order valence-electron chi connectivity index (χ3n) is 1.59. The molecule has 0 radical (unpaired) electrons. The van der Waals surface area contributed by atoms with Gasteiger partial charge in [0.2, 0.25) is 11.8 Å². The number of rotatable bonds is 6. The van der Waals surface area contributed by atoms with Gasteiger partial charge in [-0.15, -0.1) is 0 Å². The maximum Gasteiger partial charge on any atom is 0.239 e. The molecule has 0 aromatic rings. The zero-order chi connectivity index (χ0) is 10.3. The van der Waals surface area contributed by atoms with Gasteiger partial charge >= 0.3 is 0 Å². The van der Waals surface area contributed by atoms with Crippen LogP contribution in [0.1, 0.15) is 26.2 Å². The summed E-state index contributed by atoms with van der Waals surface area (Å²) in [5.41, 5.74) is 4.98. The van der Waals surface area contributed by atoms with E-state index >= 15 is 0 Å². The van der Waals surface area contributed by atoms with Crippen LogP contribution in [0.15, 0.2) is 0 Å². The molecule has 0 rings (SSSR count). The molecule has 0 saturated carbocycles. The lowest BCUT2D eigenvalue weighted by molar-refractivity contribution is -0.127. The number of halogens is 1. The van der Waals surface area contributed by atoms with E-state index < -0.39 is 11.9 Å². The predicted molar refractivity (Wildman–Crippen MR) is 54.4 cm³/mol. The summed E-state index contributed by atoms with van der Waals surface area (Å²) in [4.78, 5) is 21.7. The van der Waals surface area contributed by atoms with E-state index in [4.69, 9.17) is 5.73 Å². The van der Waals surface area contributed by atoms with Gasteiger partial charge in [0.05, 0.1) is 0 Å². The van der Waals surface area contributed by atoms with E-state index in [-0.39, 0.29) is 5.91 Å². The number of nitrogens with two attached hydrogens (primary N) is 1. The van der Waals surface area contributed by atoms with Crippen molar-refractivity contribution in [2.45, 2.75) is 32.2 Å². The third-order valence-corrected chi connectivity index (χ3v) is 2.15. The Morgan fingerprint density at radius 1 is 1.46 bits per heavy atom. The van der Waals surface area contributed by atoms with Crippen LogP contribution in [0.5, 0.6) is 0 Å². The number of alkyl halides is 1. The van der Waals surface area contributed by atoms with Crippen molar-refractivity contribution in [2.75, 3.05) is 5.33 Å². The van der Waals surface area contributed by atoms with E-state index in [9.17, 15) is 9.59 Å². The van der Waals surface area contributed by atoms with E-state index in [1.807, 2.05) is 0 Å². The molecular weight excluding hydrogens is 236 g/mol. The predicted octanol–water partition coefficient (Wildman–Crippen LogP) is 0.542. The van der Waals surface area contributed by atoms with Gasteiger partial charge in [0.25, 0.3) is 0 Å². The maximum atomic E-state index is 11.1. The largest absolute Gasteiger partial charge is 0.368 e. The molecule has 0 spiro atoms. The number of primary amides is 1. The molecule has 2 amide bonds. The minimum Gasteiger partial charge on any atom is -0.368 e. The fourth-order valence-corrected chi connectivity index (χ4v) is 1.16. The van der Waals surface area contributed by atoms with Crippen molar-refractivity contribution in [3.63, 3.8) is 0 Å². The highest BCUT2D eigenvalue weighted by Crippen LogP contribution is 1.98. The van der Waals surface area contributed by atoms with Gasteiger partial charge in [-0.3, -0.25) is 9.59 Å². The van der Waals surface area contributed by atoms with E-state index in [1.54, 1.807) is 6.92 Å². The SMILES string of the molecule is CC(NC(=O)CCCCBr)C(N)=O. The van der Waals surface area contributed by atoms with Crippen molar-refractivity contribution in [1.29, 1.82) is 0 Å². The Morgan fingerprint density at radius 2 is 2.08 bits per heavy atom. The Kier molecular flexibility index (Phi) is 6.58. The molecule has 1 atom stereocenters. The first kappa shape index (κ1) is 12.4. The second-order valence-electron chi connectivity index (χ2n) is 2.84. The van der Waals surface area contributed by atoms with Gasteiger partial charge in [-0.1, -0.05) is 15.9 Å². The summed E-state index contributed by atoms with van der Waals surface area (Å²) in [6.45, 7) is 1.57. The Balaban J connectivity index is 3.56. The smallest absolute Gasteiger partial charge is 0.239 e. The summed E-state index contributed by atoms with van der Waals surface area (Å²) < 4.78 is 0. The number of carbonyl (C=O) groups is 2. The number of unbranched alkanes of at least 4 members (excludes halogenated alkanes) is 1. The summed E-state index contributed by atoms with van der Waals surface area (Å²) >= 11 is 3.27. The first-order chi connectivity index (χ1) is 6.07. The van der Waals surface area contributed by atoms with E-state index in [2.05, 4.69) is 21.2 Å². The fourth-order valence-electron chi connectivity index (χ4n) is 0.765. The first-order valence-electron chi connectivity index (χ1n) is 4.22. The molecule has 3 N–H and O–H groups in total. The van der Waals surface area contributed by atoms with Crippen LogP contribution in [0.2, 0.25) is 0 Å². The zero-order valence-corrected chi connectivity index (χ0v) is 9.26. The molecule has 13 heavy (non-hydrogen) atoms. The van der Waals surface area contributed by atoms with E-state index in [1.165, 1.54) is 0 Å². The average molecular weight is 251 g/mol. The molecule has 0 aliphatic carbocycles. The van der Waals surface area contributed by atoms with Crippen LogP contribution in [0, 0.1) is 0 Å². The summed E-state index contributed by atoms with van der Waals surface area (Å²) in [7, 11) is 0. The van der Waals surface area contributed by atoms with Crippen LogP contribution in [0.3, 0.4) is 0 Å². The van der Waals surface area contributed by atoms with Crippen LogP contribution in [0.4, 0.5) is 0 Å². The average Bonchev–Trinajstić information content (AvgIpc) is 2.04. The lowest BCUT2D eigenvalue weighted by atomic mass is 10.2. The van der Waals surface area contributed by atoms with Crippen LogP contribution in [-0.4, -0.2) is 23.2 Å². The van der Waals surface area contributed by atoms with Crippen molar-refractivity contribution in [3.8, 4) is 0 Å². The van der Waals surface area contributed by atoms with Gasteiger partial charge in [0.15, 0.2) is 0 Å². The number of hydrogen-bond donors (Lipinski definition) is 2. The Bertz CT molecular complexity index is 185. The van der Waals surface area contributed by atoms with Crippen LogP contribution >= 0.6 is 15.9 Å². The second kappa shape index (κ2) is 6.88. The molecule has 0 fully saturated rings. The molecule has 0 aromatic heterocycles. The minimum atomic E-state index is -0.573. The highest BCUT2D eigenvalue weighted by atomic mass is 79.9. The van der Waals surface area contributed by atoms with Crippen LogP contribution < -0.4 is 11.1 Å². The molecule has 4 nitrogen and oxygen atoms in total. The maximum absolute atomic E-state index is 11.1. The number of carbonyl (C=O) groups excluding carboxylic acids is 2. The monoisotopic (exact) mass is 250 g/mol. The molecule has 0 aliphatic heterocycles. The summed E-state index contributed by atoms with van der Waals surface area (Å²) in [6, 6.07) is -0.573. The topological polar surface area (TPSA) is 72.2 Å². The molecule has 0 heterocycles. The van der Waals surface area contributed by atoms with Crippen molar-refractivity contribution >= 4 is 27.7 Å². The Morgan fingerprint density at radius 3 is 2.54 bits per heavy atom. The Hall–Kier alpha value is -0.580. The van der Waals surface area contributed by atoms with Gasteiger partial charge in [0.1, 0.15) is 6.04 Å². The molecule has 0 bridgehead atoms. The van der Waals surface area contributed by atoms with Crippen LogP contribution in [-0.2, 0) is 9.59 Å². The van der Waals surface area contributed by atoms with Crippen molar-refractivity contribution in [1.82, 2.24) is 5.32 Å². The summed E-state index contributed by atoms with van der Waals surface area (Å²) in [6.07, 6.45) is 2.23. The minimum absolute atomic E-state index is 0.118. The van der Waals surface area contributed by atoms with Gasteiger partial charge < -0.3 is 11.1 Å². The number of amides is 2. The second-order valence-corrected chi connectivity index (χ2v) is 3.63. The summed E-state index contributed by atoms with van der Waals surface area (Å²) in [5.74, 6) is -0.624. The molecule has 5 heteroatoms. The number of hydrogen-bond acceptors (Lipinski definition) is 2. The molecule has 0 aromatic carbocycles. The quantitative estimate of drug-likeness (QED) is 0.534. The summed E-state index contributed by atoms with van der Waals surface area (Å²) in [5, 5.41) is 3.40. The highest BCUT2D eigenvalue weighted by Gasteiger charge is 2.10. The molecule has 0 saturated heterocycles. The van der Waals surface area contributed by atoms with Gasteiger partial charge in [-0.05, 0) is 19.8 Å². The van der Waals surface area contributed by atoms with Crippen molar-refractivity contribution < 1.29 is 9.59 Å².